The smallest absolute Gasteiger partial charge is 0.374 e. The predicted octanol–water partition coefficient (Wildman–Crippen LogP) is 4.59. The molecule has 5 heterocycles. The summed E-state index contributed by atoms with van der Waals surface area (Å²) in [4.78, 5) is 24.7. The summed E-state index contributed by atoms with van der Waals surface area (Å²) in [6, 6.07) is 9.21. The second kappa shape index (κ2) is 6.54. The number of carbonyl (C=O) groups excluding carboxylic acids is 1. The zero-order chi connectivity index (χ0) is 21.4. The molecule has 166 valence electrons. The largest absolute Gasteiger partial charge is 0.457 e. The lowest BCUT2D eigenvalue weighted by Gasteiger charge is -2.50. The molecular formula is C24H28O7. The number of para-hydroxylation sites is 1. The monoisotopic (exact) mass is 428 g/mol. The Morgan fingerprint density at radius 3 is 2.81 bits per heavy atom. The minimum atomic E-state index is -0.812. The first-order chi connectivity index (χ1) is 14.8. The maximum absolute atomic E-state index is 12.8. The Labute approximate surface area is 180 Å². The van der Waals surface area contributed by atoms with Gasteiger partial charge in [-0.1, -0.05) is 25.1 Å². The Kier molecular flexibility index (Phi) is 4.16. The molecule has 1 saturated carbocycles. The van der Waals surface area contributed by atoms with Crippen molar-refractivity contribution in [3.63, 3.8) is 0 Å². The van der Waals surface area contributed by atoms with Crippen molar-refractivity contribution in [3.05, 3.63) is 36.1 Å². The fourth-order valence-corrected chi connectivity index (χ4v) is 6.31. The Hall–Kier alpha value is -1.93. The number of hydrogen-bond acceptors (Lipinski definition) is 7. The van der Waals surface area contributed by atoms with Gasteiger partial charge in [0.2, 0.25) is 11.5 Å². The topological polar surface area (TPSA) is 76.4 Å². The van der Waals surface area contributed by atoms with Gasteiger partial charge in [-0.15, -0.1) is 0 Å². The lowest BCUT2D eigenvalue weighted by atomic mass is 9.60. The molecule has 7 atom stereocenters. The van der Waals surface area contributed by atoms with E-state index in [0.717, 1.165) is 31.1 Å². The summed E-state index contributed by atoms with van der Waals surface area (Å²) in [6.07, 6.45) is 3.16. The van der Waals surface area contributed by atoms with Gasteiger partial charge < -0.3 is 18.6 Å². The van der Waals surface area contributed by atoms with E-state index in [1.54, 1.807) is 6.07 Å². The van der Waals surface area contributed by atoms with E-state index >= 15 is 0 Å². The van der Waals surface area contributed by atoms with Crippen molar-refractivity contribution in [2.45, 2.75) is 69.7 Å². The van der Waals surface area contributed by atoms with Crippen molar-refractivity contribution in [2.75, 3.05) is 6.61 Å². The molecule has 2 aromatic rings. The van der Waals surface area contributed by atoms with Crippen LogP contribution in [0.15, 0.2) is 34.7 Å². The minimum absolute atomic E-state index is 0.00248. The lowest BCUT2D eigenvalue weighted by molar-refractivity contribution is -0.541. The van der Waals surface area contributed by atoms with Gasteiger partial charge in [0.1, 0.15) is 17.8 Å². The number of ether oxygens (including phenoxy) is 3. The first kappa shape index (κ1) is 19.7. The molecule has 1 unspecified atom stereocenters. The molecule has 1 spiro atoms. The number of esters is 1. The van der Waals surface area contributed by atoms with Crippen LogP contribution in [0.5, 0.6) is 0 Å². The van der Waals surface area contributed by atoms with Crippen LogP contribution < -0.4 is 0 Å². The second-order valence-corrected chi connectivity index (χ2v) is 10.0. The lowest BCUT2D eigenvalue weighted by Crippen LogP contribution is -2.62. The summed E-state index contributed by atoms with van der Waals surface area (Å²) in [7, 11) is 0. The highest BCUT2D eigenvalue weighted by atomic mass is 17.3. The number of fused-ring (bicyclic) bond motifs is 3. The van der Waals surface area contributed by atoms with Gasteiger partial charge in [0.15, 0.2) is 11.9 Å². The van der Waals surface area contributed by atoms with Gasteiger partial charge in [-0.3, -0.25) is 0 Å². The third-order valence-corrected chi connectivity index (χ3v) is 7.95. The zero-order valence-corrected chi connectivity index (χ0v) is 18.1. The van der Waals surface area contributed by atoms with Crippen molar-refractivity contribution in [1.29, 1.82) is 0 Å². The normalized spacial score (nSPS) is 43.6. The SMILES string of the molecule is C[C@@H]1CC[C@H]2C(C)(COC(=O)c3cc4ccccc4o3)O[C@@H]3O[C@]4(C)CC[C@@H]1[C@]32OO4. The Balaban J connectivity index is 1.27. The van der Waals surface area contributed by atoms with Crippen molar-refractivity contribution in [3.8, 4) is 0 Å². The molecule has 4 aliphatic heterocycles. The molecule has 0 amide bonds. The van der Waals surface area contributed by atoms with Gasteiger partial charge in [0, 0.05) is 17.7 Å². The average Bonchev–Trinajstić information content (AvgIpc) is 3.19. The molecule has 7 heteroatoms. The van der Waals surface area contributed by atoms with Crippen LogP contribution in [0.1, 0.15) is 57.0 Å². The van der Waals surface area contributed by atoms with Crippen molar-refractivity contribution < 1.29 is 33.2 Å². The molecule has 1 aliphatic carbocycles. The molecule has 5 aliphatic rings. The van der Waals surface area contributed by atoms with Gasteiger partial charge in [-0.2, -0.15) is 0 Å². The first-order valence-electron chi connectivity index (χ1n) is 11.2. The number of hydrogen-bond donors (Lipinski definition) is 0. The van der Waals surface area contributed by atoms with E-state index in [0.29, 0.717) is 11.5 Å². The Morgan fingerprint density at radius 1 is 1.13 bits per heavy atom. The minimum Gasteiger partial charge on any atom is -0.457 e. The molecule has 0 N–H and O–H groups in total. The van der Waals surface area contributed by atoms with E-state index in [1.807, 2.05) is 38.1 Å². The Bertz CT molecular complexity index is 999. The molecule has 4 saturated heterocycles. The van der Waals surface area contributed by atoms with Crippen LogP contribution in [0.2, 0.25) is 0 Å². The van der Waals surface area contributed by atoms with Crippen molar-refractivity contribution in [1.82, 2.24) is 0 Å². The number of carbonyl (C=O) groups is 1. The average molecular weight is 428 g/mol. The zero-order valence-electron chi connectivity index (χ0n) is 18.1. The van der Waals surface area contributed by atoms with Crippen LogP contribution in [-0.2, 0) is 24.0 Å². The van der Waals surface area contributed by atoms with Crippen LogP contribution in [-0.4, -0.2) is 35.9 Å². The number of benzene rings is 1. The summed E-state index contributed by atoms with van der Waals surface area (Å²) in [5.74, 6) is -0.371. The molecule has 7 nitrogen and oxygen atoms in total. The predicted molar refractivity (Wildman–Crippen MR) is 109 cm³/mol. The maximum Gasteiger partial charge on any atom is 0.374 e. The summed E-state index contributed by atoms with van der Waals surface area (Å²) >= 11 is 0. The maximum atomic E-state index is 12.8. The molecule has 2 bridgehead atoms. The van der Waals surface area contributed by atoms with Crippen molar-refractivity contribution >= 4 is 16.9 Å². The molecule has 1 aromatic heterocycles. The van der Waals surface area contributed by atoms with E-state index < -0.39 is 29.2 Å². The van der Waals surface area contributed by atoms with Crippen LogP contribution in [0.4, 0.5) is 0 Å². The van der Waals surface area contributed by atoms with E-state index in [1.165, 1.54) is 0 Å². The second-order valence-electron chi connectivity index (χ2n) is 10.0. The van der Waals surface area contributed by atoms with Crippen LogP contribution in [0.25, 0.3) is 11.0 Å². The quantitative estimate of drug-likeness (QED) is 0.523. The van der Waals surface area contributed by atoms with Crippen LogP contribution in [0.3, 0.4) is 0 Å². The van der Waals surface area contributed by atoms with Crippen molar-refractivity contribution in [2.24, 2.45) is 17.8 Å². The highest BCUT2D eigenvalue weighted by Crippen LogP contribution is 2.63. The fourth-order valence-electron chi connectivity index (χ4n) is 6.31. The van der Waals surface area contributed by atoms with E-state index in [9.17, 15) is 4.79 Å². The summed E-state index contributed by atoms with van der Waals surface area (Å²) in [5.41, 5.74) is -0.752. The van der Waals surface area contributed by atoms with E-state index in [2.05, 4.69) is 6.92 Å². The van der Waals surface area contributed by atoms with E-state index in [-0.39, 0.29) is 24.2 Å². The first-order valence-corrected chi connectivity index (χ1v) is 11.2. The molecule has 1 aromatic carbocycles. The van der Waals surface area contributed by atoms with E-state index in [4.69, 9.17) is 28.4 Å². The highest BCUT2D eigenvalue weighted by Gasteiger charge is 2.74. The summed E-state index contributed by atoms with van der Waals surface area (Å²) in [6.45, 7) is 6.25. The summed E-state index contributed by atoms with van der Waals surface area (Å²) in [5, 5.41) is 0.868. The number of rotatable bonds is 3. The highest BCUT2D eigenvalue weighted by molar-refractivity contribution is 5.92. The fraction of sp³-hybridized carbons (Fsp3) is 0.625. The molecule has 0 radical (unpaired) electrons. The molecule has 5 fully saturated rings. The molecule has 31 heavy (non-hydrogen) atoms. The summed E-state index contributed by atoms with van der Waals surface area (Å²) < 4.78 is 24.2. The van der Waals surface area contributed by atoms with Gasteiger partial charge >= 0.3 is 5.97 Å². The standard InChI is InChI=1S/C24H28O7/c1-14-8-9-19-22(2,13-26-20(25)18-12-15-6-4-5-7-17(15)27-18)28-21-24(19)16(14)10-11-23(3,29-21)30-31-24/h4-7,12,14,16,19,21H,8-11,13H2,1-3H3/t14-,16+,19+,21-,22?,23+,24-/m1/s1. The van der Waals surface area contributed by atoms with Gasteiger partial charge in [0.25, 0.3) is 0 Å². The van der Waals surface area contributed by atoms with Gasteiger partial charge in [0.05, 0.1) is 0 Å². The van der Waals surface area contributed by atoms with Gasteiger partial charge in [-0.25, -0.2) is 14.6 Å². The van der Waals surface area contributed by atoms with Crippen LogP contribution >= 0.6 is 0 Å². The number of furan rings is 1. The third-order valence-electron chi connectivity index (χ3n) is 7.95. The van der Waals surface area contributed by atoms with Crippen LogP contribution in [0, 0.1) is 17.8 Å². The Morgan fingerprint density at radius 2 is 1.97 bits per heavy atom. The molecular weight excluding hydrogens is 400 g/mol. The van der Waals surface area contributed by atoms with Gasteiger partial charge in [-0.05, 0) is 57.1 Å². The molecule has 7 rings (SSSR count). The third kappa shape index (κ3) is 2.76.